The third kappa shape index (κ3) is 1.92. The first-order valence-corrected chi connectivity index (χ1v) is 4.95. The van der Waals surface area contributed by atoms with Crippen molar-refractivity contribution in [2.75, 3.05) is 18.0 Å². The Morgan fingerprint density at radius 3 is 2.71 bits per heavy atom. The van der Waals surface area contributed by atoms with Gasteiger partial charge in [-0.25, -0.2) is 0 Å². The summed E-state index contributed by atoms with van der Waals surface area (Å²) in [6.07, 6.45) is 3.58. The average molecular weight is 190 g/mol. The van der Waals surface area contributed by atoms with E-state index in [2.05, 4.69) is 9.88 Å². The van der Waals surface area contributed by atoms with Gasteiger partial charge in [-0.1, -0.05) is 0 Å². The lowest BCUT2D eigenvalue weighted by molar-refractivity contribution is -0.116. The first-order valence-electron chi connectivity index (χ1n) is 4.95. The van der Waals surface area contributed by atoms with Crippen LogP contribution in [-0.4, -0.2) is 23.9 Å². The number of rotatable bonds is 3. The number of pyridine rings is 1. The fourth-order valence-electron chi connectivity index (χ4n) is 1.54. The molecule has 74 valence electrons. The summed E-state index contributed by atoms with van der Waals surface area (Å²) in [5.41, 5.74) is 2.03. The zero-order chi connectivity index (χ0) is 9.97. The Morgan fingerprint density at radius 2 is 2.29 bits per heavy atom. The van der Waals surface area contributed by atoms with Crippen LogP contribution in [0.25, 0.3) is 0 Å². The molecule has 0 bridgehead atoms. The Balaban J connectivity index is 2.05. The summed E-state index contributed by atoms with van der Waals surface area (Å²) in [7, 11) is 0. The van der Waals surface area contributed by atoms with Crippen LogP contribution in [0.15, 0.2) is 18.3 Å². The molecule has 2 heterocycles. The lowest BCUT2D eigenvalue weighted by atomic mass is 10.1. The average Bonchev–Trinajstić information content (AvgIpc) is 2.04. The maximum atomic E-state index is 10.8. The Hall–Kier alpha value is -1.38. The van der Waals surface area contributed by atoms with Gasteiger partial charge in [0.1, 0.15) is 5.78 Å². The van der Waals surface area contributed by atoms with Crippen molar-refractivity contribution >= 4 is 11.5 Å². The SMILES string of the molecule is CC(=O)Cc1ccc(N2CCC2)cn1. The molecule has 0 radical (unpaired) electrons. The molecule has 0 N–H and O–H groups in total. The Morgan fingerprint density at radius 1 is 1.50 bits per heavy atom. The highest BCUT2D eigenvalue weighted by Gasteiger charge is 2.14. The first-order chi connectivity index (χ1) is 6.75. The van der Waals surface area contributed by atoms with Gasteiger partial charge in [-0.05, 0) is 25.5 Å². The van der Waals surface area contributed by atoms with E-state index in [-0.39, 0.29) is 5.78 Å². The molecule has 0 aromatic carbocycles. The molecule has 14 heavy (non-hydrogen) atoms. The molecule has 0 unspecified atom stereocenters. The summed E-state index contributed by atoms with van der Waals surface area (Å²) in [4.78, 5) is 17.4. The van der Waals surface area contributed by atoms with Crippen LogP contribution in [0.4, 0.5) is 5.69 Å². The predicted octanol–water partition coefficient (Wildman–Crippen LogP) is 1.42. The zero-order valence-corrected chi connectivity index (χ0v) is 8.36. The van der Waals surface area contributed by atoms with Crippen LogP contribution >= 0.6 is 0 Å². The van der Waals surface area contributed by atoms with Crippen molar-refractivity contribution in [2.24, 2.45) is 0 Å². The fourth-order valence-corrected chi connectivity index (χ4v) is 1.54. The normalized spacial score (nSPS) is 15.1. The van der Waals surface area contributed by atoms with Crippen LogP contribution in [0.3, 0.4) is 0 Å². The van der Waals surface area contributed by atoms with E-state index in [4.69, 9.17) is 0 Å². The summed E-state index contributed by atoms with van der Waals surface area (Å²) < 4.78 is 0. The summed E-state index contributed by atoms with van der Waals surface area (Å²) in [6, 6.07) is 3.99. The number of anilines is 1. The van der Waals surface area contributed by atoms with E-state index in [0.717, 1.165) is 18.8 Å². The Kier molecular flexibility index (Phi) is 2.48. The monoisotopic (exact) mass is 190 g/mol. The minimum absolute atomic E-state index is 0.161. The van der Waals surface area contributed by atoms with Crippen molar-refractivity contribution < 1.29 is 4.79 Å². The molecule has 3 heteroatoms. The van der Waals surface area contributed by atoms with Crippen molar-refractivity contribution in [1.82, 2.24) is 4.98 Å². The highest BCUT2D eigenvalue weighted by Crippen LogP contribution is 2.19. The van der Waals surface area contributed by atoms with E-state index in [1.807, 2.05) is 18.3 Å². The molecule has 0 amide bonds. The van der Waals surface area contributed by atoms with Crippen molar-refractivity contribution in [3.05, 3.63) is 24.0 Å². The van der Waals surface area contributed by atoms with Gasteiger partial charge in [0.15, 0.2) is 0 Å². The van der Waals surface area contributed by atoms with Gasteiger partial charge in [-0.15, -0.1) is 0 Å². The van der Waals surface area contributed by atoms with Crippen molar-refractivity contribution in [3.8, 4) is 0 Å². The van der Waals surface area contributed by atoms with Crippen LogP contribution in [0.2, 0.25) is 0 Å². The fraction of sp³-hybridized carbons (Fsp3) is 0.455. The largest absolute Gasteiger partial charge is 0.370 e. The van der Waals surface area contributed by atoms with Gasteiger partial charge in [0.25, 0.3) is 0 Å². The van der Waals surface area contributed by atoms with Crippen LogP contribution in [0, 0.1) is 0 Å². The maximum Gasteiger partial charge on any atom is 0.135 e. The minimum Gasteiger partial charge on any atom is -0.370 e. The van der Waals surface area contributed by atoms with E-state index in [1.165, 1.54) is 12.1 Å². The van der Waals surface area contributed by atoms with Crippen molar-refractivity contribution in [2.45, 2.75) is 19.8 Å². The van der Waals surface area contributed by atoms with Gasteiger partial charge in [-0.2, -0.15) is 0 Å². The number of nitrogens with zero attached hydrogens (tertiary/aromatic N) is 2. The summed E-state index contributed by atoms with van der Waals surface area (Å²) in [5.74, 6) is 0.161. The molecule has 1 aliphatic rings. The lowest BCUT2D eigenvalue weighted by Crippen LogP contribution is -2.37. The molecular weight excluding hydrogens is 176 g/mol. The van der Waals surface area contributed by atoms with Crippen molar-refractivity contribution in [1.29, 1.82) is 0 Å². The Labute approximate surface area is 83.8 Å². The van der Waals surface area contributed by atoms with E-state index in [1.54, 1.807) is 6.92 Å². The molecule has 2 rings (SSSR count). The molecule has 1 aromatic heterocycles. The standard InChI is InChI=1S/C11H14N2O/c1-9(14)7-10-3-4-11(8-12-10)13-5-2-6-13/h3-4,8H,2,5-7H2,1H3. The second kappa shape index (κ2) is 3.78. The molecule has 1 saturated heterocycles. The quantitative estimate of drug-likeness (QED) is 0.722. The maximum absolute atomic E-state index is 10.8. The Bertz CT molecular complexity index is 328. The number of carbonyl (C=O) groups excluding carboxylic acids is 1. The van der Waals surface area contributed by atoms with Crippen LogP contribution in [-0.2, 0) is 11.2 Å². The number of hydrogen-bond donors (Lipinski definition) is 0. The van der Waals surface area contributed by atoms with Gasteiger partial charge in [0.05, 0.1) is 11.9 Å². The minimum atomic E-state index is 0.161. The summed E-state index contributed by atoms with van der Waals surface area (Å²) in [5, 5.41) is 0. The number of carbonyl (C=O) groups is 1. The van der Waals surface area contributed by atoms with Gasteiger partial charge in [0.2, 0.25) is 0 Å². The topological polar surface area (TPSA) is 33.2 Å². The van der Waals surface area contributed by atoms with E-state index in [9.17, 15) is 4.79 Å². The van der Waals surface area contributed by atoms with Crippen LogP contribution < -0.4 is 4.90 Å². The zero-order valence-electron chi connectivity index (χ0n) is 8.36. The van der Waals surface area contributed by atoms with E-state index in [0.29, 0.717) is 6.42 Å². The second-order valence-electron chi connectivity index (χ2n) is 3.73. The third-order valence-electron chi connectivity index (χ3n) is 2.46. The highest BCUT2D eigenvalue weighted by atomic mass is 16.1. The number of hydrogen-bond acceptors (Lipinski definition) is 3. The molecule has 1 aromatic rings. The molecule has 0 aliphatic carbocycles. The molecule has 1 aliphatic heterocycles. The van der Waals surface area contributed by atoms with Gasteiger partial charge >= 0.3 is 0 Å². The highest BCUT2D eigenvalue weighted by molar-refractivity contribution is 5.77. The molecule has 0 spiro atoms. The van der Waals surface area contributed by atoms with Crippen LogP contribution in [0.1, 0.15) is 19.0 Å². The van der Waals surface area contributed by atoms with Gasteiger partial charge in [-0.3, -0.25) is 9.78 Å². The van der Waals surface area contributed by atoms with E-state index < -0.39 is 0 Å². The van der Waals surface area contributed by atoms with Gasteiger partial charge in [0, 0.05) is 25.2 Å². The van der Waals surface area contributed by atoms with E-state index >= 15 is 0 Å². The summed E-state index contributed by atoms with van der Waals surface area (Å²) in [6.45, 7) is 3.85. The molecule has 3 nitrogen and oxygen atoms in total. The van der Waals surface area contributed by atoms with Crippen molar-refractivity contribution in [3.63, 3.8) is 0 Å². The summed E-state index contributed by atoms with van der Waals surface area (Å²) >= 11 is 0. The third-order valence-corrected chi connectivity index (χ3v) is 2.46. The smallest absolute Gasteiger partial charge is 0.135 e. The first kappa shape index (κ1) is 9.19. The molecular formula is C11H14N2O. The number of Topliss-reactive ketones (excluding diaryl/α,β-unsaturated/α-hetero) is 1. The molecule has 1 fully saturated rings. The molecule has 0 atom stereocenters. The number of ketones is 1. The lowest BCUT2D eigenvalue weighted by Gasteiger charge is -2.32. The molecule has 0 saturated carbocycles. The predicted molar refractivity (Wildman–Crippen MR) is 55.5 cm³/mol. The number of aromatic nitrogens is 1. The second-order valence-corrected chi connectivity index (χ2v) is 3.73. The van der Waals surface area contributed by atoms with Gasteiger partial charge < -0.3 is 4.90 Å². The van der Waals surface area contributed by atoms with Crippen LogP contribution in [0.5, 0.6) is 0 Å².